The van der Waals surface area contributed by atoms with Gasteiger partial charge >= 0.3 is 0 Å². The molecule has 0 aromatic carbocycles. The SMILES string of the molecule is Cc1ccc(O[Si](C)(C)C(C)(C)C)o1. The van der Waals surface area contributed by atoms with Crippen LogP contribution in [0.5, 0.6) is 5.95 Å². The van der Waals surface area contributed by atoms with Crippen LogP contribution in [-0.2, 0) is 0 Å². The van der Waals surface area contributed by atoms with Gasteiger partial charge in [-0.15, -0.1) is 0 Å². The Kier molecular flexibility index (Phi) is 2.81. The number of aryl methyl sites for hydroxylation is 1. The molecule has 0 spiro atoms. The Balaban J connectivity index is 2.78. The van der Waals surface area contributed by atoms with Crippen molar-refractivity contribution in [3.8, 4) is 5.95 Å². The van der Waals surface area contributed by atoms with Gasteiger partial charge in [-0.1, -0.05) is 20.8 Å². The fraction of sp³-hybridized carbons (Fsp3) is 0.636. The van der Waals surface area contributed by atoms with E-state index in [9.17, 15) is 0 Å². The third-order valence-corrected chi connectivity index (χ3v) is 7.20. The van der Waals surface area contributed by atoms with Crippen molar-refractivity contribution in [2.24, 2.45) is 0 Å². The van der Waals surface area contributed by atoms with Gasteiger partial charge in [0.25, 0.3) is 14.3 Å². The second kappa shape index (κ2) is 3.46. The standard InChI is InChI=1S/C11H20O2Si/c1-9-7-8-10(12-9)13-14(5,6)11(2,3)4/h7-8H,1-6H3. The van der Waals surface area contributed by atoms with Crippen LogP contribution in [-0.4, -0.2) is 8.32 Å². The first kappa shape index (κ1) is 11.4. The van der Waals surface area contributed by atoms with Gasteiger partial charge in [-0.25, -0.2) is 0 Å². The molecular weight excluding hydrogens is 192 g/mol. The fourth-order valence-corrected chi connectivity index (χ4v) is 1.79. The first-order valence-electron chi connectivity index (χ1n) is 4.98. The summed E-state index contributed by atoms with van der Waals surface area (Å²) in [6.45, 7) is 13.0. The molecule has 0 radical (unpaired) electrons. The summed E-state index contributed by atoms with van der Waals surface area (Å²) in [5.41, 5.74) is 0. The summed E-state index contributed by atoms with van der Waals surface area (Å²) in [7, 11) is -1.73. The van der Waals surface area contributed by atoms with E-state index < -0.39 is 8.32 Å². The molecule has 0 aliphatic carbocycles. The average molecular weight is 212 g/mol. The maximum atomic E-state index is 5.96. The van der Waals surface area contributed by atoms with Crippen molar-refractivity contribution in [3.05, 3.63) is 17.9 Å². The van der Waals surface area contributed by atoms with Gasteiger partial charge in [0, 0.05) is 6.07 Å². The van der Waals surface area contributed by atoms with Crippen molar-refractivity contribution < 1.29 is 8.84 Å². The lowest BCUT2D eigenvalue weighted by atomic mass is 10.2. The van der Waals surface area contributed by atoms with Gasteiger partial charge < -0.3 is 8.84 Å². The molecule has 1 rings (SSSR count). The number of rotatable bonds is 2. The fourth-order valence-electron chi connectivity index (χ4n) is 0.872. The summed E-state index contributed by atoms with van der Waals surface area (Å²) in [4.78, 5) is 0. The molecule has 0 amide bonds. The third-order valence-electron chi connectivity index (χ3n) is 2.88. The first-order valence-corrected chi connectivity index (χ1v) is 7.89. The number of furan rings is 1. The van der Waals surface area contributed by atoms with Crippen molar-refractivity contribution in [2.75, 3.05) is 0 Å². The van der Waals surface area contributed by atoms with Crippen LogP contribution >= 0.6 is 0 Å². The molecule has 14 heavy (non-hydrogen) atoms. The summed E-state index contributed by atoms with van der Waals surface area (Å²) in [5, 5.41) is 0.216. The normalized spacial score (nSPS) is 13.0. The Morgan fingerprint density at radius 1 is 1.21 bits per heavy atom. The van der Waals surface area contributed by atoms with Crippen LogP contribution in [0.25, 0.3) is 0 Å². The Morgan fingerprint density at radius 3 is 2.14 bits per heavy atom. The molecule has 0 bridgehead atoms. The van der Waals surface area contributed by atoms with Crippen LogP contribution in [0.1, 0.15) is 26.5 Å². The lowest BCUT2D eigenvalue weighted by Crippen LogP contribution is -2.43. The Labute approximate surface area is 87.4 Å². The average Bonchev–Trinajstić information content (AvgIpc) is 2.31. The van der Waals surface area contributed by atoms with Crippen LogP contribution in [0.4, 0.5) is 0 Å². The van der Waals surface area contributed by atoms with E-state index in [4.69, 9.17) is 8.84 Å². The monoisotopic (exact) mass is 212 g/mol. The Bertz CT molecular complexity index is 307. The van der Waals surface area contributed by atoms with Gasteiger partial charge in [-0.05, 0) is 31.1 Å². The summed E-state index contributed by atoms with van der Waals surface area (Å²) in [6.07, 6.45) is 0. The molecule has 0 atom stereocenters. The van der Waals surface area contributed by atoms with Gasteiger partial charge in [-0.3, -0.25) is 0 Å². The van der Waals surface area contributed by atoms with E-state index in [1.807, 2.05) is 19.1 Å². The lowest BCUT2D eigenvalue weighted by Gasteiger charge is -2.35. The smallest absolute Gasteiger partial charge is 0.270 e. The van der Waals surface area contributed by atoms with E-state index in [1.54, 1.807) is 0 Å². The molecule has 0 saturated heterocycles. The van der Waals surface area contributed by atoms with E-state index in [0.29, 0.717) is 5.95 Å². The molecule has 0 N–H and O–H groups in total. The van der Waals surface area contributed by atoms with Crippen LogP contribution in [0, 0.1) is 6.92 Å². The van der Waals surface area contributed by atoms with E-state index >= 15 is 0 Å². The van der Waals surface area contributed by atoms with Gasteiger partial charge in [-0.2, -0.15) is 0 Å². The van der Waals surface area contributed by atoms with E-state index in [2.05, 4.69) is 33.9 Å². The summed E-state index contributed by atoms with van der Waals surface area (Å²) < 4.78 is 11.4. The molecule has 2 nitrogen and oxygen atoms in total. The Hall–Kier alpha value is -0.703. The van der Waals surface area contributed by atoms with Gasteiger partial charge in [0.2, 0.25) is 0 Å². The summed E-state index contributed by atoms with van der Waals surface area (Å²) >= 11 is 0. The largest absolute Gasteiger partial charge is 0.519 e. The summed E-state index contributed by atoms with van der Waals surface area (Å²) in [6, 6.07) is 3.83. The van der Waals surface area contributed by atoms with Crippen molar-refractivity contribution in [1.82, 2.24) is 0 Å². The topological polar surface area (TPSA) is 22.4 Å². The Morgan fingerprint density at radius 2 is 1.79 bits per heavy atom. The minimum Gasteiger partial charge on any atom is -0.519 e. The predicted octanol–water partition coefficient (Wildman–Crippen LogP) is 3.97. The van der Waals surface area contributed by atoms with E-state index in [1.165, 1.54) is 0 Å². The van der Waals surface area contributed by atoms with E-state index in [-0.39, 0.29) is 5.04 Å². The number of hydrogen-bond acceptors (Lipinski definition) is 2. The van der Waals surface area contributed by atoms with Crippen molar-refractivity contribution in [2.45, 2.75) is 45.8 Å². The third kappa shape index (κ3) is 2.41. The zero-order chi connectivity index (χ0) is 11.0. The second-order valence-electron chi connectivity index (χ2n) is 5.23. The predicted molar refractivity (Wildman–Crippen MR) is 61.3 cm³/mol. The zero-order valence-electron chi connectivity index (χ0n) is 9.97. The minimum absolute atomic E-state index is 0.216. The van der Waals surface area contributed by atoms with Crippen molar-refractivity contribution >= 4 is 8.32 Å². The zero-order valence-corrected chi connectivity index (χ0v) is 11.0. The highest BCUT2D eigenvalue weighted by molar-refractivity contribution is 6.74. The van der Waals surface area contributed by atoms with Crippen LogP contribution in [0.15, 0.2) is 16.5 Å². The van der Waals surface area contributed by atoms with Crippen LogP contribution in [0.3, 0.4) is 0 Å². The molecular formula is C11H20O2Si. The molecule has 0 saturated carbocycles. The maximum Gasteiger partial charge on any atom is 0.270 e. The molecule has 80 valence electrons. The van der Waals surface area contributed by atoms with Crippen LogP contribution < -0.4 is 4.43 Å². The van der Waals surface area contributed by atoms with Crippen molar-refractivity contribution in [1.29, 1.82) is 0 Å². The minimum atomic E-state index is -1.73. The lowest BCUT2D eigenvalue weighted by molar-refractivity contribution is 0.357. The molecule has 0 aliphatic rings. The highest BCUT2D eigenvalue weighted by Crippen LogP contribution is 2.37. The van der Waals surface area contributed by atoms with Gasteiger partial charge in [0.15, 0.2) is 0 Å². The van der Waals surface area contributed by atoms with Crippen molar-refractivity contribution in [3.63, 3.8) is 0 Å². The molecule has 1 aromatic heterocycles. The molecule has 1 aromatic rings. The van der Waals surface area contributed by atoms with Gasteiger partial charge in [0.05, 0.1) is 0 Å². The second-order valence-corrected chi connectivity index (χ2v) is 9.95. The highest BCUT2D eigenvalue weighted by atomic mass is 28.4. The molecule has 1 heterocycles. The summed E-state index contributed by atoms with van der Waals surface area (Å²) in [5.74, 6) is 1.56. The molecule has 0 fully saturated rings. The maximum absolute atomic E-state index is 5.96. The molecule has 0 unspecified atom stereocenters. The quantitative estimate of drug-likeness (QED) is 0.692. The highest BCUT2D eigenvalue weighted by Gasteiger charge is 2.39. The molecule has 3 heteroatoms. The molecule has 0 aliphatic heterocycles. The van der Waals surface area contributed by atoms with E-state index in [0.717, 1.165) is 5.76 Å². The van der Waals surface area contributed by atoms with Crippen LogP contribution in [0.2, 0.25) is 18.1 Å². The number of hydrogen-bond donors (Lipinski definition) is 0. The first-order chi connectivity index (χ1) is 6.22. The van der Waals surface area contributed by atoms with Gasteiger partial charge in [0.1, 0.15) is 5.76 Å².